The van der Waals surface area contributed by atoms with Crippen LogP contribution in [0.15, 0.2) is 6.20 Å². The minimum absolute atomic E-state index is 0.0781. The van der Waals surface area contributed by atoms with Gasteiger partial charge >= 0.3 is 0 Å². The first-order valence-electron chi connectivity index (χ1n) is 3.81. The van der Waals surface area contributed by atoms with Crippen molar-refractivity contribution in [3.8, 4) is 0 Å². The van der Waals surface area contributed by atoms with Crippen LogP contribution < -0.4 is 5.32 Å². The maximum atomic E-state index is 8.89. The summed E-state index contributed by atoms with van der Waals surface area (Å²) in [6, 6.07) is 0. The molecule has 0 bridgehead atoms. The maximum Gasteiger partial charge on any atom is 0.203 e. The van der Waals surface area contributed by atoms with Gasteiger partial charge in [-0.05, 0) is 6.42 Å². The van der Waals surface area contributed by atoms with Crippen LogP contribution in [-0.2, 0) is 13.2 Å². The van der Waals surface area contributed by atoms with E-state index in [4.69, 9.17) is 5.11 Å². The van der Waals surface area contributed by atoms with Crippen LogP contribution in [0.5, 0.6) is 0 Å². The average molecular weight is 153 g/mol. The molecule has 1 aromatic rings. The summed E-state index contributed by atoms with van der Waals surface area (Å²) in [5, 5.41) is 12.1. The SMILES string of the molecule is OCc1cnc2n1CCCN2. The van der Waals surface area contributed by atoms with Gasteiger partial charge in [-0.3, -0.25) is 0 Å². The Balaban J connectivity index is 2.38. The van der Waals surface area contributed by atoms with E-state index in [1.807, 2.05) is 4.57 Å². The summed E-state index contributed by atoms with van der Waals surface area (Å²) in [6.07, 6.45) is 2.82. The van der Waals surface area contributed by atoms with E-state index in [-0.39, 0.29) is 6.61 Å². The minimum Gasteiger partial charge on any atom is -0.390 e. The van der Waals surface area contributed by atoms with Crippen molar-refractivity contribution in [2.24, 2.45) is 0 Å². The van der Waals surface area contributed by atoms with E-state index >= 15 is 0 Å². The molecule has 2 rings (SSSR count). The van der Waals surface area contributed by atoms with Crippen LogP contribution in [0.2, 0.25) is 0 Å². The van der Waals surface area contributed by atoms with Crippen molar-refractivity contribution in [2.75, 3.05) is 11.9 Å². The third-order valence-electron chi connectivity index (χ3n) is 1.94. The van der Waals surface area contributed by atoms with Gasteiger partial charge in [-0.15, -0.1) is 0 Å². The molecule has 0 amide bonds. The number of anilines is 1. The van der Waals surface area contributed by atoms with E-state index in [1.165, 1.54) is 0 Å². The highest BCUT2D eigenvalue weighted by atomic mass is 16.3. The number of hydrogen-bond donors (Lipinski definition) is 2. The van der Waals surface area contributed by atoms with Gasteiger partial charge in [-0.2, -0.15) is 0 Å². The highest BCUT2D eigenvalue weighted by Gasteiger charge is 2.11. The van der Waals surface area contributed by atoms with Crippen molar-refractivity contribution in [2.45, 2.75) is 19.6 Å². The van der Waals surface area contributed by atoms with Crippen molar-refractivity contribution in [1.29, 1.82) is 0 Å². The maximum absolute atomic E-state index is 8.89. The zero-order valence-corrected chi connectivity index (χ0v) is 6.25. The minimum atomic E-state index is 0.0781. The van der Waals surface area contributed by atoms with Crippen LogP contribution in [0.3, 0.4) is 0 Å². The fraction of sp³-hybridized carbons (Fsp3) is 0.571. The summed E-state index contributed by atoms with van der Waals surface area (Å²) < 4.78 is 2.02. The van der Waals surface area contributed by atoms with Crippen molar-refractivity contribution in [1.82, 2.24) is 9.55 Å². The van der Waals surface area contributed by atoms with Gasteiger partial charge in [0.1, 0.15) is 0 Å². The molecular weight excluding hydrogens is 142 g/mol. The molecule has 0 aliphatic carbocycles. The van der Waals surface area contributed by atoms with Gasteiger partial charge < -0.3 is 15.0 Å². The quantitative estimate of drug-likeness (QED) is 0.605. The van der Waals surface area contributed by atoms with E-state index in [9.17, 15) is 0 Å². The van der Waals surface area contributed by atoms with Crippen LogP contribution in [0.4, 0.5) is 5.95 Å². The monoisotopic (exact) mass is 153 g/mol. The molecule has 2 N–H and O–H groups in total. The summed E-state index contributed by atoms with van der Waals surface area (Å²) in [5.41, 5.74) is 0.896. The molecule has 0 saturated heterocycles. The third-order valence-corrected chi connectivity index (χ3v) is 1.94. The van der Waals surface area contributed by atoms with E-state index < -0.39 is 0 Å². The van der Waals surface area contributed by atoms with Crippen LogP contribution >= 0.6 is 0 Å². The Labute approximate surface area is 64.9 Å². The van der Waals surface area contributed by atoms with Crippen molar-refractivity contribution >= 4 is 5.95 Å². The molecule has 4 heteroatoms. The van der Waals surface area contributed by atoms with Crippen LogP contribution in [0.1, 0.15) is 12.1 Å². The molecule has 11 heavy (non-hydrogen) atoms. The molecule has 1 aliphatic heterocycles. The molecule has 1 aliphatic rings. The second-order valence-electron chi connectivity index (χ2n) is 2.66. The lowest BCUT2D eigenvalue weighted by atomic mass is 10.3. The number of rotatable bonds is 1. The Morgan fingerprint density at radius 3 is 3.45 bits per heavy atom. The molecule has 1 aromatic heterocycles. The molecule has 4 nitrogen and oxygen atoms in total. The van der Waals surface area contributed by atoms with Crippen LogP contribution in [-0.4, -0.2) is 21.2 Å². The predicted molar refractivity (Wildman–Crippen MR) is 41.3 cm³/mol. The van der Waals surface area contributed by atoms with E-state index in [0.717, 1.165) is 31.2 Å². The topological polar surface area (TPSA) is 50.1 Å². The summed E-state index contributed by atoms with van der Waals surface area (Å²) in [7, 11) is 0. The summed E-state index contributed by atoms with van der Waals surface area (Å²) in [6.45, 7) is 2.04. The van der Waals surface area contributed by atoms with Crippen LogP contribution in [0.25, 0.3) is 0 Å². The van der Waals surface area contributed by atoms with E-state index in [1.54, 1.807) is 6.20 Å². The predicted octanol–water partition coefficient (Wildman–Crippen LogP) is 0.191. The Morgan fingerprint density at radius 1 is 1.73 bits per heavy atom. The number of imidazole rings is 1. The van der Waals surface area contributed by atoms with Gasteiger partial charge in [0, 0.05) is 13.1 Å². The molecule has 0 fully saturated rings. The van der Waals surface area contributed by atoms with Gasteiger partial charge in [0.05, 0.1) is 18.5 Å². The number of hydrogen-bond acceptors (Lipinski definition) is 3. The molecule has 2 heterocycles. The fourth-order valence-corrected chi connectivity index (χ4v) is 1.37. The lowest BCUT2D eigenvalue weighted by Gasteiger charge is -2.16. The highest BCUT2D eigenvalue weighted by molar-refractivity contribution is 5.30. The molecule has 0 atom stereocenters. The number of aromatic nitrogens is 2. The van der Waals surface area contributed by atoms with Gasteiger partial charge in [-0.1, -0.05) is 0 Å². The fourth-order valence-electron chi connectivity index (χ4n) is 1.37. The zero-order valence-electron chi connectivity index (χ0n) is 6.25. The second kappa shape index (κ2) is 2.54. The largest absolute Gasteiger partial charge is 0.390 e. The molecular formula is C7H11N3O. The Bertz CT molecular complexity index is 243. The second-order valence-corrected chi connectivity index (χ2v) is 2.66. The molecule has 0 radical (unpaired) electrons. The van der Waals surface area contributed by atoms with Gasteiger partial charge in [0.2, 0.25) is 5.95 Å². The molecule has 0 aromatic carbocycles. The first-order chi connectivity index (χ1) is 5.42. The summed E-state index contributed by atoms with van der Waals surface area (Å²) in [4.78, 5) is 4.12. The lowest BCUT2D eigenvalue weighted by Crippen LogP contribution is -2.18. The lowest BCUT2D eigenvalue weighted by molar-refractivity contribution is 0.270. The standard InChI is InChI=1S/C7H11N3O/c11-5-6-4-9-7-8-2-1-3-10(6)7/h4,11H,1-3,5H2,(H,8,9). The van der Waals surface area contributed by atoms with Crippen molar-refractivity contribution < 1.29 is 5.11 Å². The number of aliphatic hydroxyl groups excluding tert-OH is 1. The first-order valence-corrected chi connectivity index (χ1v) is 3.81. The van der Waals surface area contributed by atoms with E-state index in [2.05, 4.69) is 10.3 Å². The molecule has 0 saturated carbocycles. The summed E-state index contributed by atoms with van der Waals surface area (Å²) >= 11 is 0. The van der Waals surface area contributed by atoms with E-state index in [0.29, 0.717) is 0 Å². The summed E-state index contributed by atoms with van der Waals surface area (Å²) in [5.74, 6) is 0.889. The van der Waals surface area contributed by atoms with Crippen molar-refractivity contribution in [3.05, 3.63) is 11.9 Å². The van der Waals surface area contributed by atoms with Crippen LogP contribution in [0, 0.1) is 0 Å². The Morgan fingerprint density at radius 2 is 2.64 bits per heavy atom. The van der Waals surface area contributed by atoms with Crippen molar-refractivity contribution in [3.63, 3.8) is 0 Å². The zero-order chi connectivity index (χ0) is 7.68. The Kier molecular flexibility index (Phi) is 1.54. The third kappa shape index (κ3) is 0.991. The number of aliphatic hydroxyl groups is 1. The number of nitrogens with one attached hydrogen (secondary N) is 1. The average Bonchev–Trinajstić information content (AvgIpc) is 2.47. The van der Waals surface area contributed by atoms with Gasteiger partial charge in [0.15, 0.2) is 0 Å². The highest BCUT2D eigenvalue weighted by Crippen LogP contribution is 2.14. The molecule has 0 unspecified atom stereocenters. The smallest absolute Gasteiger partial charge is 0.203 e. The first kappa shape index (κ1) is 6.67. The normalized spacial score (nSPS) is 15.7. The molecule has 60 valence electrons. The van der Waals surface area contributed by atoms with Gasteiger partial charge in [0.25, 0.3) is 0 Å². The van der Waals surface area contributed by atoms with Gasteiger partial charge in [-0.25, -0.2) is 4.98 Å². The number of fused-ring (bicyclic) bond motifs is 1. The molecule has 0 spiro atoms. The number of nitrogens with zero attached hydrogens (tertiary/aromatic N) is 2. The Hall–Kier alpha value is -1.03.